The van der Waals surface area contributed by atoms with Crippen LogP contribution in [0.2, 0.25) is 0 Å². The first-order chi connectivity index (χ1) is 17.4. The van der Waals surface area contributed by atoms with Gasteiger partial charge in [-0.3, -0.25) is 0 Å². The summed E-state index contributed by atoms with van der Waals surface area (Å²) in [6.07, 6.45) is 4.28. The molecule has 5 rings (SSSR count). The molecule has 1 saturated carbocycles. The zero-order valence-electron chi connectivity index (χ0n) is 21.9. The molecule has 8 heteroatoms. The molecule has 0 spiro atoms. The summed E-state index contributed by atoms with van der Waals surface area (Å²) in [4.78, 5) is 21.9. The molecule has 1 aliphatic carbocycles. The number of aromatic nitrogens is 4. The van der Waals surface area contributed by atoms with Crippen LogP contribution < -0.4 is 5.32 Å². The van der Waals surface area contributed by atoms with Gasteiger partial charge in [-0.2, -0.15) is 4.98 Å². The highest BCUT2D eigenvalue weighted by Gasteiger charge is 2.41. The predicted molar refractivity (Wildman–Crippen MR) is 142 cm³/mol. The molecular weight excluding hydrogens is 466 g/mol. The average Bonchev–Trinajstić information content (AvgIpc) is 3.24. The van der Waals surface area contributed by atoms with Crippen LogP contribution in [0, 0.1) is 0 Å². The normalized spacial score (nSPS) is 15.3. The molecule has 0 bridgehead atoms. The van der Waals surface area contributed by atoms with Crippen LogP contribution in [0.1, 0.15) is 65.3 Å². The number of carbonyl (C=O) groups excluding carboxylic acids is 1. The van der Waals surface area contributed by atoms with Crippen LogP contribution in [0.25, 0.3) is 28.2 Å². The standard InChI is InChI=1S/C29H33N5O3/c1-27(2,3)37-26(35)32-29(16-9-17-29)21-14-12-20(13-15-21)23-22(19-10-7-6-8-11-19)18-34-25(30-23)31-24(33-34)28(4,5)36/h6-8,10-15,18,36H,9,16-17H2,1-5H3,(H,32,35). The second kappa shape index (κ2) is 8.95. The van der Waals surface area contributed by atoms with E-state index in [1.807, 2.05) is 69.4 Å². The van der Waals surface area contributed by atoms with Gasteiger partial charge in [0.1, 0.15) is 11.2 Å². The molecular formula is C29H33N5O3. The Morgan fingerprint density at radius 3 is 2.22 bits per heavy atom. The van der Waals surface area contributed by atoms with E-state index in [0.717, 1.165) is 47.2 Å². The Labute approximate surface area is 216 Å². The molecule has 1 fully saturated rings. The number of nitrogens with one attached hydrogen (secondary N) is 1. The Morgan fingerprint density at radius 1 is 0.973 bits per heavy atom. The quantitative estimate of drug-likeness (QED) is 0.371. The number of rotatable bonds is 5. The van der Waals surface area contributed by atoms with Crippen molar-refractivity contribution in [3.63, 3.8) is 0 Å². The highest BCUT2D eigenvalue weighted by molar-refractivity contribution is 5.81. The minimum Gasteiger partial charge on any atom is -0.444 e. The number of nitrogens with zero attached hydrogens (tertiary/aromatic N) is 4. The van der Waals surface area contributed by atoms with Gasteiger partial charge in [0.05, 0.1) is 11.2 Å². The summed E-state index contributed by atoms with van der Waals surface area (Å²) >= 11 is 0. The number of hydrogen-bond acceptors (Lipinski definition) is 6. The van der Waals surface area contributed by atoms with Crippen LogP contribution in [0.5, 0.6) is 0 Å². The number of alkyl carbamates (subject to hydrolysis) is 1. The van der Waals surface area contributed by atoms with Gasteiger partial charge in [-0.15, -0.1) is 5.10 Å². The summed E-state index contributed by atoms with van der Waals surface area (Å²) in [5, 5.41) is 18.0. The molecule has 37 heavy (non-hydrogen) atoms. The lowest BCUT2D eigenvalue weighted by atomic mass is 9.71. The number of carbonyl (C=O) groups is 1. The number of benzene rings is 2. The topological polar surface area (TPSA) is 102 Å². The second-order valence-corrected chi connectivity index (χ2v) is 11.2. The summed E-state index contributed by atoms with van der Waals surface area (Å²) in [7, 11) is 0. The van der Waals surface area contributed by atoms with Crippen LogP contribution >= 0.6 is 0 Å². The molecule has 0 atom stereocenters. The summed E-state index contributed by atoms with van der Waals surface area (Å²) in [5.74, 6) is 0.726. The fraction of sp³-hybridized carbons (Fsp3) is 0.379. The van der Waals surface area contributed by atoms with Gasteiger partial charge >= 0.3 is 6.09 Å². The molecule has 4 aromatic rings. The maximum absolute atomic E-state index is 12.6. The molecule has 2 N–H and O–H groups in total. The Balaban J connectivity index is 1.53. The Kier molecular flexibility index (Phi) is 6.02. The highest BCUT2D eigenvalue weighted by Crippen LogP contribution is 2.42. The second-order valence-electron chi connectivity index (χ2n) is 11.2. The Bertz CT molecular complexity index is 1430. The van der Waals surface area contributed by atoms with E-state index >= 15 is 0 Å². The summed E-state index contributed by atoms with van der Waals surface area (Å²) in [5.41, 5.74) is 2.48. The number of aliphatic hydroxyl groups is 1. The van der Waals surface area contributed by atoms with Crippen LogP contribution in [-0.2, 0) is 15.9 Å². The third-order valence-corrected chi connectivity index (χ3v) is 6.62. The lowest BCUT2D eigenvalue weighted by Gasteiger charge is -2.43. The molecule has 2 aromatic heterocycles. The van der Waals surface area contributed by atoms with Crippen molar-refractivity contribution in [2.75, 3.05) is 0 Å². The first kappa shape index (κ1) is 24.9. The molecule has 0 unspecified atom stereocenters. The van der Waals surface area contributed by atoms with E-state index in [1.54, 1.807) is 18.4 Å². The fourth-order valence-corrected chi connectivity index (χ4v) is 4.59. The largest absolute Gasteiger partial charge is 0.444 e. The van der Waals surface area contributed by atoms with Crippen LogP contribution in [-0.4, -0.2) is 36.4 Å². The average molecular weight is 500 g/mol. The van der Waals surface area contributed by atoms with Gasteiger partial charge < -0.3 is 15.2 Å². The van der Waals surface area contributed by atoms with Crippen LogP contribution in [0.15, 0.2) is 60.8 Å². The van der Waals surface area contributed by atoms with Gasteiger partial charge in [-0.1, -0.05) is 54.6 Å². The van der Waals surface area contributed by atoms with Gasteiger partial charge in [0, 0.05) is 17.3 Å². The Morgan fingerprint density at radius 2 is 1.65 bits per heavy atom. The van der Waals surface area contributed by atoms with Crippen molar-refractivity contribution < 1.29 is 14.6 Å². The molecule has 1 amide bonds. The smallest absolute Gasteiger partial charge is 0.408 e. The Hall–Kier alpha value is -3.78. The van der Waals surface area contributed by atoms with E-state index in [1.165, 1.54) is 0 Å². The highest BCUT2D eigenvalue weighted by atomic mass is 16.6. The van der Waals surface area contributed by atoms with Gasteiger partial charge in [0.25, 0.3) is 5.78 Å². The summed E-state index contributed by atoms with van der Waals surface area (Å²) in [6, 6.07) is 18.2. The van der Waals surface area contributed by atoms with Crippen molar-refractivity contribution in [3.05, 3.63) is 72.2 Å². The van der Waals surface area contributed by atoms with Crippen LogP contribution in [0.3, 0.4) is 0 Å². The summed E-state index contributed by atoms with van der Waals surface area (Å²) in [6.45, 7) is 8.90. The minimum atomic E-state index is -1.18. The molecule has 2 heterocycles. The fourth-order valence-electron chi connectivity index (χ4n) is 4.59. The molecule has 0 radical (unpaired) electrons. The monoisotopic (exact) mass is 499 g/mol. The van der Waals surface area contributed by atoms with E-state index < -0.39 is 22.8 Å². The van der Waals surface area contributed by atoms with Gasteiger partial charge in [-0.25, -0.2) is 14.3 Å². The molecule has 0 saturated heterocycles. The van der Waals surface area contributed by atoms with Crippen molar-refractivity contribution in [1.82, 2.24) is 24.9 Å². The van der Waals surface area contributed by atoms with Crippen molar-refractivity contribution in [1.29, 1.82) is 0 Å². The van der Waals surface area contributed by atoms with Crippen molar-refractivity contribution in [3.8, 4) is 22.4 Å². The SMILES string of the molecule is CC(C)(C)OC(=O)NC1(c2ccc(-c3nc4nc(C(C)(C)O)nn4cc3-c3ccccc3)cc2)CCC1. The van der Waals surface area contributed by atoms with Gasteiger partial charge in [-0.05, 0) is 65.0 Å². The maximum Gasteiger partial charge on any atom is 0.408 e. The number of amides is 1. The van der Waals surface area contributed by atoms with E-state index in [0.29, 0.717) is 11.6 Å². The zero-order valence-corrected chi connectivity index (χ0v) is 21.9. The lowest BCUT2D eigenvalue weighted by molar-refractivity contribution is 0.0377. The van der Waals surface area contributed by atoms with E-state index in [-0.39, 0.29) is 0 Å². The molecule has 1 aliphatic rings. The molecule has 8 nitrogen and oxygen atoms in total. The number of fused-ring (bicyclic) bond motifs is 1. The van der Waals surface area contributed by atoms with E-state index in [9.17, 15) is 9.90 Å². The predicted octanol–water partition coefficient (Wildman–Crippen LogP) is 5.59. The zero-order chi connectivity index (χ0) is 26.4. The maximum atomic E-state index is 12.6. The number of hydrogen-bond donors (Lipinski definition) is 2. The van der Waals surface area contributed by atoms with Crippen LogP contribution in [0.4, 0.5) is 4.79 Å². The first-order valence-electron chi connectivity index (χ1n) is 12.6. The van der Waals surface area contributed by atoms with E-state index in [2.05, 4.69) is 27.5 Å². The van der Waals surface area contributed by atoms with E-state index in [4.69, 9.17) is 9.72 Å². The molecule has 2 aromatic carbocycles. The van der Waals surface area contributed by atoms with Crippen molar-refractivity contribution in [2.24, 2.45) is 0 Å². The third-order valence-electron chi connectivity index (χ3n) is 6.62. The third kappa shape index (κ3) is 5.06. The molecule has 192 valence electrons. The minimum absolute atomic E-state index is 0.312. The molecule has 0 aliphatic heterocycles. The van der Waals surface area contributed by atoms with Gasteiger partial charge in [0.15, 0.2) is 5.82 Å². The van der Waals surface area contributed by atoms with Crippen molar-refractivity contribution >= 4 is 11.9 Å². The van der Waals surface area contributed by atoms with Crippen molar-refractivity contribution in [2.45, 2.75) is 70.6 Å². The lowest BCUT2D eigenvalue weighted by Crippen LogP contribution is -2.52. The summed E-state index contributed by atoms with van der Waals surface area (Å²) < 4.78 is 7.13. The number of ether oxygens (including phenoxy) is 1. The van der Waals surface area contributed by atoms with Gasteiger partial charge in [0.2, 0.25) is 0 Å². The first-order valence-corrected chi connectivity index (χ1v) is 12.6.